The van der Waals surface area contributed by atoms with Crippen molar-refractivity contribution in [3.05, 3.63) is 0 Å². The SMILES string of the molecule is CCO[SiH](OCC)OCC=S(=O)=O. The average molecular weight is 226 g/mol. The molecular formula is C6H14O5SSi. The van der Waals surface area contributed by atoms with Crippen LogP contribution in [0.3, 0.4) is 0 Å². The molecule has 0 saturated heterocycles. The van der Waals surface area contributed by atoms with Gasteiger partial charge in [0.15, 0.2) is 0 Å². The summed E-state index contributed by atoms with van der Waals surface area (Å²) in [7, 11) is -4.28. The van der Waals surface area contributed by atoms with Crippen molar-refractivity contribution in [1.29, 1.82) is 0 Å². The van der Waals surface area contributed by atoms with Crippen LogP contribution in [0, 0.1) is 0 Å². The van der Waals surface area contributed by atoms with E-state index in [-0.39, 0.29) is 6.61 Å². The van der Waals surface area contributed by atoms with Gasteiger partial charge in [0.2, 0.25) is 10.3 Å². The van der Waals surface area contributed by atoms with E-state index >= 15 is 0 Å². The summed E-state index contributed by atoms with van der Waals surface area (Å²) in [6.07, 6.45) is 0. The summed E-state index contributed by atoms with van der Waals surface area (Å²) < 4.78 is 35.5. The Bertz CT molecular complexity index is 223. The fraction of sp³-hybridized carbons (Fsp3) is 0.833. The number of hydrogen-bond acceptors (Lipinski definition) is 5. The maximum absolute atomic E-state index is 10.1. The van der Waals surface area contributed by atoms with Crippen LogP contribution in [0.25, 0.3) is 0 Å². The lowest BCUT2D eigenvalue weighted by atomic mass is 10.9. The molecule has 0 atom stereocenters. The van der Waals surface area contributed by atoms with E-state index in [0.29, 0.717) is 13.2 Å². The van der Waals surface area contributed by atoms with Crippen molar-refractivity contribution < 1.29 is 21.7 Å². The molecule has 0 N–H and O–H groups in total. The van der Waals surface area contributed by atoms with Crippen LogP contribution in [0.5, 0.6) is 0 Å². The van der Waals surface area contributed by atoms with E-state index < -0.39 is 19.8 Å². The topological polar surface area (TPSA) is 61.8 Å². The van der Waals surface area contributed by atoms with Gasteiger partial charge in [0.1, 0.15) is 0 Å². The second kappa shape index (κ2) is 8.39. The van der Waals surface area contributed by atoms with Gasteiger partial charge in [-0.2, -0.15) is 8.42 Å². The molecule has 0 spiro atoms. The molecule has 0 bridgehead atoms. The normalized spacial score (nSPS) is 10.4. The molecule has 0 rings (SSSR count). The molecule has 78 valence electrons. The van der Waals surface area contributed by atoms with Crippen molar-refractivity contribution in [3.63, 3.8) is 0 Å². The van der Waals surface area contributed by atoms with Crippen molar-refractivity contribution in [2.24, 2.45) is 0 Å². The molecular weight excluding hydrogens is 212 g/mol. The smallest absolute Gasteiger partial charge is 0.376 e. The van der Waals surface area contributed by atoms with Gasteiger partial charge >= 0.3 is 9.53 Å². The van der Waals surface area contributed by atoms with Gasteiger partial charge in [-0.25, -0.2) is 0 Å². The van der Waals surface area contributed by atoms with Gasteiger partial charge in [0.05, 0.1) is 12.0 Å². The molecule has 7 heteroatoms. The Kier molecular flexibility index (Phi) is 8.25. The third-order valence-corrected chi connectivity index (χ3v) is 3.13. The molecule has 0 aliphatic carbocycles. The second-order valence-corrected chi connectivity index (χ2v) is 4.39. The molecule has 13 heavy (non-hydrogen) atoms. The van der Waals surface area contributed by atoms with Crippen LogP contribution in [0.1, 0.15) is 13.8 Å². The molecule has 5 nitrogen and oxygen atoms in total. The van der Waals surface area contributed by atoms with Gasteiger partial charge in [0.25, 0.3) is 0 Å². The van der Waals surface area contributed by atoms with E-state index in [4.69, 9.17) is 13.3 Å². The molecule has 0 saturated carbocycles. The zero-order valence-electron chi connectivity index (χ0n) is 7.73. The summed E-state index contributed by atoms with van der Waals surface area (Å²) in [5, 5.41) is 1.03. The molecule has 0 radical (unpaired) electrons. The fourth-order valence-corrected chi connectivity index (χ4v) is 2.01. The Morgan fingerprint density at radius 1 is 1.15 bits per heavy atom. The zero-order valence-corrected chi connectivity index (χ0v) is 9.70. The van der Waals surface area contributed by atoms with Crippen molar-refractivity contribution in [2.75, 3.05) is 19.8 Å². The number of rotatable bonds is 7. The van der Waals surface area contributed by atoms with E-state index in [0.717, 1.165) is 5.37 Å². The first-order chi connectivity index (χ1) is 6.20. The molecule has 0 aliphatic rings. The average Bonchev–Trinajstić information content (AvgIpc) is 2.04. The second-order valence-electron chi connectivity index (χ2n) is 1.96. The maximum Gasteiger partial charge on any atom is 0.484 e. The largest absolute Gasteiger partial charge is 0.484 e. The molecule has 0 aromatic carbocycles. The van der Waals surface area contributed by atoms with Crippen LogP contribution in [0.4, 0.5) is 0 Å². The summed E-state index contributed by atoms with van der Waals surface area (Å²) in [5.41, 5.74) is 0. The van der Waals surface area contributed by atoms with Crippen molar-refractivity contribution in [3.8, 4) is 0 Å². The lowest BCUT2D eigenvalue weighted by Gasteiger charge is -2.12. The molecule has 0 fully saturated rings. The van der Waals surface area contributed by atoms with Crippen LogP contribution in [0.2, 0.25) is 0 Å². The van der Waals surface area contributed by atoms with Crippen LogP contribution >= 0.6 is 0 Å². The monoisotopic (exact) mass is 226 g/mol. The lowest BCUT2D eigenvalue weighted by molar-refractivity contribution is 0.116. The van der Waals surface area contributed by atoms with Crippen LogP contribution in [-0.4, -0.2) is 43.1 Å². The van der Waals surface area contributed by atoms with E-state index in [1.54, 1.807) is 0 Å². The van der Waals surface area contributed by atoms with E-state index in [9.17, 15) is 8.42 Å². The fourth-order valence-electron chi connectivity index (χ4n) is 0.590. The number of hydrogen-bond donors (Lipinski definition) is 0. The van der Waals surface area contributed by atoms with Crippen LogP contribution in [0.15, 0.2) is 0 Å². The zero-order chi connectivity index (χ0) is 10.1. The molecule has 0 aliphatic heterocycles. The first-order valence-electron chi connectivity index (χ1n) is 3.96. The predicted octanol–water partition coefficient (Wildman–Crippen LogP) is -0.525. The van der Waals surface area contributed by atoms with Crippen molar-refractivity contribution >= 4 is 25.2 Å². The predicted molar refractivity (Wildman–Crippen MR) is 51.3 cm³/mol. The maximum atomic E-state index is 10.1. The summed E-state index contributed by atoms with van der Waals surface area (Å²) in [6, 6.07) is 0. The Labute approximate surface area is 81.1 Å². The molecule has 0 aromatic heterocycles. The summed E-state index contributed by atoms with van der Waals surface area (Å²) in [4.78, 5) is 0. The molecule has 0 aromatic rings. The first kappa shape index (κ1) is 12.8. The minimum Gasteiger partial charge on any atom is -0.376 e. The summed E-state index contributed by atoms with van der Waals surface area (Å²) in [6.45, 7) is 4.71. The highest BCUT2D eigenvalue weighted by atomic mass is 32.2. The highest BCUT2D eigenvalue weighted by molar-refractivity contribution is 7.71. The summed E-state index contributed by atoms with van der Waals surface area (Å²) >= 11 is 0. The quantitative estimate of drug-likeness (QED) is 0.431. The third-order valence-electron chi connectivity index (χ3n) is 1.04. The molecule has 0 heterocycles. The van der Waals surface area contributed by atoms with Gasteiger partial charge in [-0.15, -0.1) is 0 Å². The molecule has 0 unspecified atom stereocenters. The Hall–Kier alpha value is -0.213. The minimum absolute atomic E-state index is 0.0208. The van der Waals surface area contributed by atoms with Gasteiger partial charge < -0.3 is 13.3 Å². The lowest BCUT2D eigenvalue weighted by Crippen LogP contribution is -2.28. The van der Waals surface area contributed by atoms with E-state index in [2.05, 4.69) is 0 Å². The third kappa shape index (κ3) is 8.13. The first-order valence-corrected chi connectivity index (χ1v) is 6.52. The van der Waals surface area contributed by atoms with E-state index in [1.165, 1.54) is 0 Å². The van der Waals surface area contributed by atoms with Crippen molar-refractivity contribution in [1.82, 2.24) is 0 Å². The minimum atomic E-state index is -2.18. The van der Waals surface area contributed by atoms with Crippen LogP contribution < -0.4 is 0 Å². The van der Waals surface area contributed by atoms with Gasteiger partial charge in [0, 0.05) is 13.2 Å². The van der Waals surface area contributed by atoms with Crippen LogP contribution in [-0.2, 0) is 23.6 Å². The highest BCUT2D eigenvalue weighted by Crippen LogP contribution is 1.90. The van der Waals surface area contributed by atoms with Crippen molar-refractivity contribution in [2.45, 2.75) is 13.8 Å². The summed E-state index contributed by atoms with van der Waals surface area (Å²) in [5.74, 6) is 0. The Morgan fingerprint density at radius 3 is 2.08 bits per heavy atom. The highest BCUT2D eigenvalue weighted by Gasteiger charge is 2.12. The van der Waals surface area contributed by atoms with Gasteiger partial charge in [-0.05, 0) is 13.8 Å². The Morgan fingerprint density at radius 2 is 1.69 bits per heavy atom. The van der Waals surface area contributed by atoms with E-state index in [1.807, 2.05) is 13.8 Å². The molecule has 0 amide bonds. The Balaban J connectivity index is 3.74. The standard InChI is InChI=1S/C6H14O5SSi/c1-3-9-13(10-4-2)11-5-6-12(7)8/h6,13H,3-5H2,1-2H3. The van der Waals surface area contributed by atoms with Gasteiger partial charge in [-0.3, -0.25) is 0 Å². The van der Waals surface area contributed by atoms with Gasteiger partial charge in [-0.1, -0.05) is 0 Å².